The Kier molecular flexibility index (Phi) is 7.98. The molecule has 4 rings (SSSR count). The number of benzene rings is 2. The van der Waals surface area contributed by atoms with Gasteiger partial charge in [-0.1, -0.05) is 20.8 Å². The molecular formula is C26H30ClFN6O3. The van der Waals surface area contributed by atoms with E-state index >= 15 is 4.39 Å². The molecule has 9 nitrogen and oxygen atoms in total. The van der Waals surface area contributed by atoms with Gasteiger partial charge >= 0.3 is 0 Å². The average molecular weight is 529 g/mol. The van der Waals surface area contributed by atoms with Crippen molar-refractivity contribution in [2.24, 2.45) is 0 Å². The number of carbonyl (C=O) groups excluding carboxylic acids is 1. The maximum absolute atomic E-state index is 15.4. The lowest BCUT2D eigenvalue weighted by Crippen LogP contribution is -2.30. The zero-order valence-electron chi connectivity index (χ0n) is 21.4. The van der Waals surface area contributed by atoms with Gasteiger partial charge in [-0.3, -0.25) is 15.5 Å². The molecule has 0 saturated heterocycles. The maximum atomic E-state index is 15.4. The molecule has 0 amide bonds. The summed E-state index contributed by atoms with van der Waals surface area (Å²) in [4.78, 5) is 22.4. The predicted molar refractivity (Wildman–Crippen MR) is 142 cm³/mol. The number of imidazole rings is 1. The Hall–Kier alpha value is -3.84. The van der Waals surface area contributed by atoms with Crippen LogP contribution in [-0.4, -0.2) is 46.2 Å². The number of ether oxygens (including phenoxy) is 2. The molecule has 0 saturated carbocycles. The van der Waals surface area contributed by atoms with Crippen molar-refractivity contribution in [3.63, 3.8) is 0 Å². The standard InChI is InChI=1S/C26H29FN6O3.ClH/c1-6-35-19-10-15-11-33(24(29)20(15)21(27)23(19)36-7-2)12-18(34)14-8-16(26(3,4)5)22-17(9-14)31-25(32-22)30-13-28;/h8-10,29H,6-7,11-12H2,1-5H3,(H2,30,31,32);1H. The number of nitrogens with zero attached hydrogens (tertiary/aromatic N) is 3. The quantitative estimate of drug-likeness (QED) is 0.210. The molecule has 1 aliphatic rings. The van der Waals surface area contributed by atoms with Crippen LogP contribution in [-0.2, 0) is 12.0 Å². The number of nitrogens with one attached hydrogen (secondary N) is 3. The molecule has 0 atom stereocenters. The highest BCUT2D eigenvalue weighted by Gasteiger charge is 2.33. The van der Waals surface area contributed by atoms with Crippen LogP contribution in [0.2, 0.25) is 0 Å². The summed E-state index contributed by atoms with van der Waals surface area (Å²) in [6, 6.07) is 5.16. The molecule has 0 aliphatic carbocycles. The monoisotopic (exact) mass is 528 g/mol. The van der Waals surface area contributed by atoms with E-state index in [1.54, 1.807) is 26.0 Å². The molecule has 1 aromatic heterocycles. The molecule has 37 heavy (non-hydrogen) atoms. The van der Waals surface area contributed by atoms with E-state index in [9.17, 15) is 4.79 Å². The smallest absolute Gasteiger partial charge is 0.214 e. The summed E-state index contributed by atoms with van der Waals surface area (Å²) in [5, 5.41) is 20.0. The van der Waals surface area contributed by atoms with Gasteiger partial charge in [0.25, 0.3) is 0 Å². The summed E-state index contributed by atoms with van der Waals surface area (Å²) >= 11 is 0. The van der Waals surface area contributed by atoms with Gasteiger partial charge in [-0.2, -0.15) is 5.26 Å². The molecule has 0 radical (unpaired) electrons. The molecule has 1 aliphatic heterocycles. The number of aromatic amines is 1. The number of carbonyl (C=O) groups is 1. The van der Waals surface area contributed by atoms with E-state index in [2.05, 4.69) is 15.3 Å². The molecular weight excluding hydrogens is 499 g/mol. The Balaban J connectivity index is 0.00000380. The summed E-state index contributed by atoms with van der Waals surface area (Å²) in [5.41, 5.74) is 2.98. The summed E-state index contributed by atoms with van der Waals surface area (Å²) in [5.74, 6) is -0.382. The van der Waals surface area contributed by atoms with E-state index in [-0.39, 0.29) is 66.2 Å². The molecule has 0 spiro atoms. The van der Waals surface area contributed by atoms with Gasteiger partial charge in [0.05, 0.1) is 36.4 Å². The minimum atomic E-state index is -0.650. The molecule has 2 aromatic carbocycles. The van der Waals surface area contributed by atoms with Gasteiger partial charge in [0, 0.05) is 12.1 Å². The fourth-order valence-electron chi connectivity index (χ4n) is 4.40. The van der Waals surface area contributed by atoms with Crippen LogP contribution in [0.1, 0.15) is 61.7 Å². The number of anilines is 1. The Morgan fingerprint density at radius 1 is 1.27 bits per heavy atom. The second-order valence-electron chi connectivity index (χ2n) is 9.54. The van der Waals surface area contributed by atoms with Gasteiger partial charge in [-0.05, 0) is 48.6 Å². The molecule has 0 bridgehead atoms. The Morgan fingerprint density at radius 2 is 1.97 bits per heavy atom. The van der Waals surface area contributed by atoms with Crippen LogP contribution in [0.3, 0.4) is 0 Å². The second kappa shape index (κ2) is 10.6. The number of Topliss-reactive ketones (excluding diaryl/α,β-unsaturated/α-hetero) is 1. The number of aromatic nitrogens is 2. The van der Waals surface area contributed by atoms with E-state index in [1.807, 2.05) is 33.0 Å². The van der Waals surface area contributed by atoms with Crippen LogP contribution in [0.4, 0.5) is 10.3 Å². The number of H-pyrrole nitrogens is 1. The van der Waals surface area contributed by atoms with Crippen molar-refractivity contribution in [1.29, 1.82) is 10.7 Å². The minimum Gasteiger partial charge on any atom is -0.490 e. The first-order valence-corrected chi connectivity index (χ1v) is 11.8. The third-order valence-corrected chi connectivity index (χ3v) is 6.00. The first kappa shape index (κ1) is 27.7. The summed E-state index contributed by atoms with van der Waals surface area (Å²) in [7, 11) is 0. The zero-order valence-corrected chi connectivity index (χ0v) is 22.2. The van der Waals surface area contributed by atoms with Crippen molar-refractivity contribution in [2.45, 2.75) is 46.6 Å². The highest BCUT2D eigenvalue weighted by Crippen LogP contribution is 2.39. The third kappa shape index (κ3) is 5.18. The number of rotatable bonds is 8. The van der Waals surface area contributed by atoms with Crippen LogP contribution in [0.5, 0.6) is 11.5 Å². The average Bonchev–Trinajstić information content (AvgIpc) is 3.35. The predicted octanol–water partition coefficient (Wildman–Crippen LogP) is 5.14. The number of amidine groups is 1. The van der Waals surface area contributed by atoms with Crippen LogP contribution in [0, 0.1) is 22.7 Å². The van der Waals surface area contributed by atoms with Gasteiger partial charge < -0.3 is 19.4 Å². The van der Waals surface area contributed by atoms with Crippen molar-refractivity contribution in [3.8, 4) is 17.7 Å². The number of halogens is 2. The van der Waals surface area contributed by atoms with Crippen molar-refractivity contribution in [1.82, 2.24) is 14.9 Å². The fourth-order valence-corrected chi connectivity index (χ4v) is 4.40. The molecule has 0 fully saturated rings. The number of hydrogen-bond donors (Lipinski definition) is 3. The first-order valence-electron chi connectivity index (χ1n) is 11.8. The highest BCUT2D eigenvalue weighted by molar-refractivity contribution is 6.07. The lowest BCUT2D eigenvalue weighted by Gasteiger charge is -2.21. The summed E-state index contributed by atoms with van der Waals surface area (Å²) in [6.45, 7) is 10.3. The number of nitriles is 1. The van der Waals surface area contributed by atoms with Gasteiger partial charge in [-0.25, -0.2) is 9.37 Å². The number of ketones is 1. The van der Waals surface area contributed by atoms with Crippen molar-refractivity contribution >= 4 is 41.0 Å². The Morgan fingerprint density at radius 3 is 2.59 bits per heavy atom. The van der Waals surface area contributed by atoms with Crippen LogP contribution in [0.15, 0.2) is 18.2 Å². The number of fused-ring (bicyclic) bond motifs is 2. The fraction of sp³-hybridized carbons (Fsp3) is 0.385. The second-order valence-corrected chi connectivity index (χ2v) is 9.54. The van der Waals surface area contributed by atoms with Gasteiger partial charge in [-0.15, -0.1) is 12.4 Å². The van der Waals surface area contributed by atoms with Gasteiger partial charge in [0.15, 0.2) is 29.3 Å². The van der Waals surface area contributed by atoms with E-state index in [4.69, 9.17) is 20.1 Å². The third-order valence-electron chi connectivity index (χ3n) is 6.00. The molecule has 0 unspecified atom stereocenters. The van der Waals surface area contributed by atoms with E-state index in [0.717, 1.165) is 11.1 Å². The van der Waals surface area contributed by atoms with Crippen molar-refractivity contribution in [2.75, 3.05) is 25.1 Å². The van der Waals surface area contributed by atoms with Gasteiger partial charge in [0.2, 0.25) is 5.95 Å². The lowest BCUT2D eigenvalue weighted by molar-refractivity contribution is 0.0962. The van der Waals surface area contributed by atoms with E-state index < -0.39 is 5.82 Å². The zero-order chi connectivity index (χ0) is 26.2. The SMILES string of the molecule is CCOc1cc2c(c(F)c1OCC)C(=N)N(CC(=O)c1cc(C(C)(C)C)c3[nH]c(NC#N)nc3c1)C2.Cl. The maximum Gasteiger partial charge on any atom is 0.214 e. The summed E-state index contributed by atoms with van der Waals surface area (Å²) < 4.78 is 26.4. The first-order chi connectivity index (χ1) is 17.1. The molecule has 11 heteroatoms. The minimum absolute atomic E-state index is 0. The van der Waals surface area contributed by atoms with Crippen LogP contribution >= 0.6 is 12.4 Å². The van der Waals surface area contributed by atoms with Gasteiger partial charge in [0.1, 0.15) is 5.84 Å². The Bertz CT molecular complexity index is 1410. The molecule has 3 aromatic rings. The van der Waals surface area contributed by atoms with Crippen LogP contribution < -0.4 is 14.8 Å². The number of hydrogen-bond acceptors (Lipinski definition) is 7. The molecule has 2 heterocycles. The molecule has 196 valence electrons. The normalized spacial score (nSPS) is 12.7. The lowest BCUT2D eigenvalue weighted by atomic mass is 9.84. The Labute approximate surface area is 220 Å². The largest absolute Gasteiger partial charge is 0.490 e. The van der Waals surface area contributed by atoms with E-state index in [0.29, 0.717) is 29.2 Å². The van der Waals surface area contributed by atoms with E-state index in [1.165, 1.54) is 4.90 Å². The highest BCUT2D eigenvalue weighted by atomic mass is 35.5. The van der Waals surface area contributed by atoms with Crippen LogP contribution in [0.25, 0.3) is 11.0 Å². The van der Waals surface area contributed by atoms with Crippen molar-refractivity contribution in [3.05, 3.63) is 46.3 Å². The van der Waals surface area contributed by atoms with Crippen molar-refractivity contribution < 1.29 is 18.7 Å². The topological polar surface area (TPSA) is 127 Å². The molecule has 3 N–H and O–H groups in total. The summed E-state index contributed by atoms with van der Waals surface area (Å²) in [6.07, 6.45) is 1.84.